The second kappa shape index (κ2) is 12.2. The quantitative estimate of drug-likeness (QED) is 0.392. The zero-order valence-corrected chi connectivity index (χ0v) is 22.4. The van der Waals surface area contributed by atoms with Gasteiger partial charge in [0, 0.05) is 11.1 Å². The van der Waals surface area contributed by atoms with E-state index in [1.807, 2.05) is 64.1 Å². The average Bonchev–Trinajstić information content (AvgIpc) is 2.79. The van der Waals surface area contributed by atoms with E-state index in [1.54, 1.807) is 19.2 Å². The Morgan fingerprint density at radius 2 is 1.69 bits per heavy atom. The standard InChI is InChI=1S/C28H40BN3O3/c1-9-11-12-21-13-14-22(18-24(21)29(35)30-8)26(33)31-32(25(10-2)28(5,6)7)27(34)23-16-19(3)15-20(4)17-23/h11-18,25,30,35H,9-10H2,1-8H3,(H,31,33)/b12-11+. The second-order valence-electron chi connectivity index (χ2n) is 10.1. The number of hydrazine groups is 1. The molecule has 1 unspecified atom stereocenters. The maximum absolute atomic E-state index is 13.7. The molecule has 188 valence electrons. The molecule has 0 radical (unpaired) electrons. The molecule has 0 aliphatic heterocycles. The van der Waals surface area contributed by atoms with Gasteiger partial charge in [0.15, 0.2) is 0 Å². The first-order valence-electron chi connectivity index (χ1n) is 12.3. The second-order valence-corrected chi connectivity index (χ2v) is 10.1. The minimum Gasteiger partial charge on any atom is -0.433 e. The van der Waals surface area contributed by atoms with Gasteiger partial charge in [0.1, 0.15) is 0 Å². The van der Waals surface area contributed by atoms with Gasteiger partial charge in [0.25, 0.3) is 11.8 Å². The summed E-state index contributed by atoms with van der Waals surface area (Å²) in [6.45, 7) is 14.1. The summed E-state index contributed by atoms with van der Waals surface area (Å²) >= 11 is 0. The third-order valence-corrected chi connectivity index (χ3v) is 6.06. The molecule has 35 heavy (non-hydrogen) atoms. The molecule has 0 aliphatic rings. The Hall–Kier alpha value is -2.90. The summed E-state index contributed by atoms with van der Waals surface area (Å²) in [6, 6.07) is 10.7. The molecule has 2 amide bonds. The predicted octanol–water partition coefficient (Wildman–Crippen LogP) is 4.25. The van der Waals surface area contributed by atoms with Crippen LogP contribution >= 0.6 is 0 Å². The van der Waals surface area contributed by atoms with E-state index in [0.717, 1.165) is 23.1 Å². The van der Waals surface area contributed by atoms with Crippen LogP contribution in [0.15, 0.2) is 42.5 Å². The summed E-state index contributed by atoms with van der Waals surface area (Å²) in [6.07, 6.45) is 5.46. The zero-order valence-electron chi connectivity index (χ0n) is 22.4. The largest absolute Gasteiger partial charge is 0.433 e. The molecule has 3 N–H and O–H groups in total. The van der Waals surface area contributed by atoms with E-state index in [1.165, 1.54) is 5.01 Å². The molecular weight excluding hydrogens is 437 g/mol. The Kier molecular flexibility index (Phi) is 9.87. The van der Waals surface area contributed by atoms with Crippen LogP contribution < -0.4 is 16.1 Å². The third-order valence-electron chi connectivity index (χ3n) is 6.06. The molecule has 2 aromatic carbocycles. The fourth-order valence-corrected chi connectivity index (χ4v) is 4.37. The van der Waals surface area contributed by atoms with Crippen LogP contribution in [0.3, 0.4) is 0 Å². The molecule has 0 saturated heterocycles. The molecule has 0 fully saturated rings. The maximum atomic E-state index is 13.7. The molecule has 0 heterocycles. The first-order chi connectivity index (χ1) is 16.4. The van der Waals surface area contributed by atoms with Crippen molar-refractivity contribution in [3.8, 4) is 0 Å². The Morgan fingerprint density at radius 1 is 1.06 bits per heavy atom. The van der Waals surface area contributed by atoms with Crippen LogP contribution in [0.2, 0.25) is 0 Å². The number of rotatable bonds is 8. The van der Waals surface area contributed by atoms with E-state index in [9.17, 15) is 14.6 Å². The fourth-order valence-electron chi connectivity index (χ4n) is 4.37. The molecular formula is C28H40BN3O3. The molecule has 6 nitrogen and oxygen atoms in total. The molecule has 0 saturated carbocycles. The van der Waals surface area contributed by atoms with Gasteiger partial charge in [-0.3, -0.25) is 15.0 Å². The van der Waals surface area contributed by atoms with Crippen molar-refractivity contribution in [3.05, 3.63) is 70.3 Å². The van der Waals surface area contributed by atoms with Gasteiger partial charge in [0.05, 0.1) is 6.04 Å². The summed E-state index contributed by atoms with van der Waals surface area (Å²) in [5, 5.41) is 14.8. The van der Waals surface area contributed by atoms with E-state index in [4.69, 9.17) is 0 Å². The average molecular weight is 477 g/mol. The van der Waals surface area contributed by atoms with Crippen LogP contribution in [-0.2, 0) is 0 Å². The number of nitrogens with one attached hydrogen (secondary N) is 2. The molecule has 0 aromatic heterocycles. The van der Waals surface area contributed by atoms with Crippen molar-refractivity contribution in [3.63, 3.8) is 0 Å². The normalized spacial score (nSPS) is 12.5. The van der Waals surface area contributed by atoms with Crippen molar-refractivity contribution in [2.75, 3.05) is 7.05 Å². The zero-order chi connectivity index (χ0) is 26.3. The maximum Gasteiger partial charge on any atom is 0.413 e. The van der Waals surface area contributed by atoms with Gasteiger partial charge in [-0.05, 0) is 68.4 Å². The molecule has 2 rings (SSSR count). The number of amides is 2. The van der Waals surface area contributed by atoms with E-state index in [2.05, 4.69) is 31.4 Å². The Bertz CT molecular complexity index is 1060. The van der Waals surface area contributed by atoms with Crippen molar-refractivity contribution in [2.24, 2.45) is 5.41 Å². The topological polar surface area (TPSA) is 81.7 Å². The van der Waals surface area contributed by atoms with Crippen LogP contribution in [0.5, 0.6) is 0 Å². The minimum absolute atomic E-state index is 0.228. The lowest BCUT2D eigenvalue weighted by atomic mass is 9.71. The van der Waals surface area contributed by atoms with Crippen molar-refractivity contribution < 1.29 is 14.6 Å². The van der Waals surface area contributed by atoms with Gasteiger partial charge in [0.2, 0.25) is 0 Å². The van der Waals surface area contributed by atoms with E-state index in [-0.39, 0.29) is 17.4 Å². The summed E-state index contributed by atoms with van der Waals surface area (Å²) in [5.74, 6) is -0.647. The number of allylic oxidation sites excluding steroid dienone is 1. The highest BCUT2D eigenvalue weighted by Gasteiger charge is 2.34. The number of carbonyl (C=O) groups excluding carboxylic acids is 2. The molecule has 7 heteroatoms. The van der Waals surface area contributed by atoms with Crippen LogP contribution in [0.4, 0.5) is 0 Å². The lowest BCUT2D eigenvalue weighted by molar-refractivity contribution is 0.0285. The Morgan fingerprint density at radius 3 is 2.20 bits per heavy atom. The number of carbonyl (C=O) groups is 2. The summed E-state index contributed by atoms with van der Waals surface area (Å²) in [7, 11) is 0.731. The number of benzene rings is 2. The fraction of sp³-hybridized carbons (Fsp3) is 0.429. The molecule has 0 bridgehead atoms. The van der Waals surface area contributed by atoms with E-state index in [0.29, 0.717) is 23.0 Å². The van der Waals surface area contributed by atoms with Gasteiger partial charge < -0.3 is 10.3 Å². The SMILES string of the molecule is CC/C=C/c1ccc(C(=O)NN(C(=O)c2cc(C)cc(C)c2)C(CC)C(C)(C)C)cc1B(O)NC. The summed E-state index contributed by atoms with van der Waals surface area (Å²) < 4.78 is 0. The van der Waals surface area contributed by atoms with E-state index >= 15 is 0 Å². The Labute approximate surface area is 210 Å². The minimum atomic E-state index is -0.926. The summed E-state index contributed by atoms with van der Waals surface area (Å²) in [5.41, 5.74) is 6.95. The smallest absolute Gasteiger partial charge is 0.413 e. The number of hydrogen-bond donors (Lipinski definition) is 3. The van der Waals surface area contributed by atoms with Gasteiger partial charge in [-0.1, -0.05) is 76.1 Å². The Balaban J connectivity index is 2.50. The number of aryl methyl sites for hydroxylation is 2. The monoisotopic (exact) mass is 477 g/mol. The number of hydrogen-bond acceptors (Lipinski definition) is 4. The molecule has 1 atom stereocenters. The lowest BCUT2D eigenvalue weighted by Gasteiger charge is -2.39. The first kappa shape index (κ1) is 28.3. The van der Waals surface area contributed by atoms with Gasteiger partial charge in [-0.25, -0.2) is 5.01 Å². The van der Waals surface area contributed by atoms with Crippen molar-refractivity contribution in [1.29, 1.82) is 0 Å². The predicted molar refractivity (Wildman–Crippen MR) is 146 cm³/mol. The van der Waals surface area contributed by atoms with Crippen molar-refractivity contribution in [2.45, 2.75) is 67.3 Å². The highest BCUT2D eigenvalue weighted by atomic mass is 16.2. The van der Waals surface area contributed by atoms with Gasteiger partial charge in [-0.2, -0.15) is 0 Å². The third kappa shape index (κ3) is 7.29. The van der Waals surface area contributed by atoms with Gasteiger partial charge >= 0.3 is 7.05 Å². The lowest BCUT2D eigenvalue weighted by Crippen LogP contribution is -2.56. The van der Waals surface area contributed by atoms with Crippen LogP contribution in [-0.4, -0.2) is 42.0 Å². The molecule has 0 aliphatic carbocycles. The highest BCUT2D eigenvalue weighted by Crippen LogP contribution is 2.27. The molecule has 2 aromatic rings. The van der Waals surface area contributed by atoms with Crippen molar-refractivity contribution >= 4 is 30.4 Å². The van der Waals surface area contributed by atoms with Crippen LogP contribution in [0.25, 0.3) is 6.08 Å². The molecule has 0 spiro atoms. The van der Waals surface area contributed by atoms with Crippen molar-refractivity contribution in [1.82, 2.24) is 15.7 Å². The highest BCUT2D eigenvalue weighted by molar-refractivity contribution is 6.64. The summed E-state index contributed by atoms with van der Waals surface area (Å²) in [4.78, 5) is 27.1. The van der Waals surface area contributed by atoms with Crippen LogP contribution in [0.1, 0.15) is 84.9 Å². The first-order valence-corrected chi connectivity index (χ1v) is 12.3. The van der Waals surface area contributed by atoms with Gasteiger partial charge in [-0.15, -0.1) is 0 Å². The van der Waals surface area contributed by atoms with Crippen LogP contribution in [0, 0.1) is 19.3 Å². The number of nitrogens with zero attached hydrogens (tertiary/aromatic N) is 1. The van der Waals surface area contributed by atoms with E-state index < -0.39 is 13.0 Å².